The first-order valence-electron chi connectivity index (χ1n) is 6.29. The Morgan fingerprint density at radius 3 is 2.79 bits per heavy atom. The topological polar surface area (TPSA) is 54.3 Å². The summed E-state index contributed by atoms with van der Waals surface area (Å²) in [6.45, 7) is 3.28. The van der Waals surface area contributed by atoms with Crippen LogP contribution < -0.4 is 14.8 Å². The van der Waals surface area contributed by atoms with Gasteiger partial charge in [0.1, 0.15) is 5.54 Å². The molecular formula is C14H18N2O2S. The molecule has 2 rings (SSSR count). The maximum absolute atomic E-state index is 9.12. The van der Waals surface area contributed by atoms with Gasteiger partial charge in [0, 0.05) is 17.1 Å². The van der Waals surface area contributed by atoms with Crippen LogP contribution in [0.4, 0.5) is 0 Å². The summed E-state index contributed by atoms with van der Waals surface area (Å²) in [4.78, 5) is 1.08. The van der Waals surface area contributed by atoms with Crippen LogP contribution in [-0.2, 0) is 0 Å². The number of hydrogen-bond donors (Lipinski definition) is 1. The summed E-state index contributed by atoms with van der Waals surface area (Å²) in [7, 11) is 1.80. The molecular weight excluding hydrogens is 260 g/mol. The summed E-state index contributed by atoms with van der Waals surface area (Å²) in [5.41, 5.74) is -0.519. The Kier molecular flexibility index (Phi) is 4.56. The van der Waals surface area contributed by atoms with Crippen molar-refractivity contribution in [1.29, 1.82) is 5.26 Å². The molecule has 102 valence electrons. The Hall–Kier alpha value is -1.38. The molecule has 1 N–H and O–H groups in total. The number of nitriles is 1. The standard InChI is InChI=1S/C14H18N2O2S/c1-14(9-15,16-2)10-19-11-4-5-12-13(8-11)18-7-3-6-17-12/h4-5,8,16H,3,6-7,10H2,1-2H3. The molecule has 1 atom stereocenters. The fraction of sp³-hybridized carbons (Fsp3) is 0.500. The summed E-state index contributed by atoms with van der Waals surface area (Å²) < 4.78 is 11.2. The second kappa shape index (κ2) is 6.18. The lowest BCUT2D eigenvalue weighted by Gasteiger charge is -2.20. The van der Waals surface area contributed by atoms with Crippen molar-refractivity contribution in [2.75, 3.05) is 26.0 Å². The zero-order valence-corrected chi connectivity index (χ0v) is 12.0. The molecule has 1 aliphatic heterocycles. The molecule has 1 aromatic carbocycles. The summed E-state index contributed by atoms with van der Waals surface area (Å²) in [5.74, 6) is 2.28. The molecule has 1 heterocycles. The first kappa shape index (κ1) is 14.0. The van der Waals surface area contributed by atoms with Crippen LogP contribution in [0.3, 0.4) is 0 Å². The van der Waals surface area contributed by atoms with E-state index in [4.69, 9.17) is 14.7 Å². The van der Waals surface area contributed by atoms with Gasteiger partial charge >= 0.3 is 0 Å². The Morgan fingerprint density at radius 2 is 2.11 bits per heavy atom. The largest absolute Gasteiger partial charge is 0.490 e. The molecule has 0 saturated heterocycles. The van der Waals surface area contributed by atoms with Gasteiger partial charge in [-0.1, -0.05) is 0 Å². The van der Waals surface area contributed by atoms with Crippen molar-refractivity contribution in [3.63, 3.8) is 0 Å². The van der Waals surface area contributed by atoms with Crippen LogP contribution in [0.2, 0.25) is 0 Å². The van der Waals surface area contributed by atoms with Crippen molar-refractivity contribution in [1.82, 2.24) is 5.32 Å². The van der Waals surface area contributed by atoms with Crippen molar-refractivity contribution >= 4 is 11.8 Å². The Balaban J connectivity index is 2.06. The molecule has 0 aliphatic carbocycles. The number of thioether (sulfide) groups is 1. The van der Waals surface area contributed by atoms with Crippen molar-refractivity contribution in [2.24, 2.45) is 0 Å². The Labute approximate surface area is 118 Å². The van der Waals surface area contributed by atoms with Gasteiger partial charge in [-0.2, -0.15) is 5.26 Å². The third-order valence-electron chi connectivity index (χ3n) is 3.05. The van der Waals surface area contributed by atoms with Crippen LogP contribution in [0.1, 0.15) is 13.3 Å². The van der Waals surface area contributed by atoms with Crippen LogP contribution in [0.25, 0.3) is 0 Å². The minimum absolute atomic E-state index is 0.519. The second-order valence-electron chi connectivity index (χ2n) is 4.64. The molecule has 0 radical (unpaired) electrons. The van der Waals surface area contributed by atoms with Gasteiger partial charge in [0.25, 0.3) is 0 Å². The van der Waals surface area contributed by atoms with Crippen LogP contribution in [0, 0.1) is 11.3 Å². The van der Waals surface area contributed by atoms with Crippen molar-refractivity contribution in [3.8, 4) is 17.6 Å². The fourth-order valence-corrected chi connectivity index (χ4v) is 2.64. The maximum Gasteiger partial charge on any atom is 0.162 e. The number of nitrogens with zero attached hydrogens (tertiary/aromatic N) is 1. The van der Waals surface area contributed by atoms with Crippen LogP contribution in [0.5, 0.6) is 11.5 Å². The zero-order chi connectivity index (χ0) is 13.7. The number of nitrogens with one attached hydrogen (secondary N) is 1. The van der Waals surface area contributed by atoms with Crippen molar-refractivity contribution in [3.05, 3.63) is 18.2 Å². The highest BCUT2D eigenvalue weighted by atomic mass is 32.2. The molecule has 19 heavy (non-hydrogen) atoms. The summed E-state index contributed by atoms with van der Waals surface area (Å²) in [6.07, 6.45) is 0.906. The van der Waals surface area contributed by atoms with E-state index in [0.717, 1.165) is 22.8 Å². The third kappa shape index (κ3) is 3.55. The lowest BCUT2D eigenvalue weighted by molar-refractivity contribution is 0.297. The molecule has 0 aromatic heterocycles. The normalized spacial score (nSPS) is 17.1. The molecule has 1 unspecified atom stereocenters. The van der Waals surface area contributed by atoms with Crippen LogP contribution in [0.15, 0.2) is 23.1 Å². The summed E-state index contributed by atoms with van der Waals surface area (Å²) in [5, 5.41) is 12.2. The van der Waals surface area contributed by atoms with Gasteiger partial charge < -0.3 is 14.8 Å². The second-order valence-corrected chi connectivity index (χ2v) is 5.69. The zero-order valence-electron chi connectivity index (χ0n) is 11.2. The van der Waals surface area contributed by atoms with Crippen molar-refractivity contribution < 1.29 is 9.47 Å². The van der Waals surface area contributed by atoms with E-state index in [1.807, 2.05) is 25.1 Å². The molecule has 0 spiro atoms. The van der Waals surface area contributed by atoms with E-state index >= 15 is 0 Å². The van der Waals surface area contributed by atoms with Gasteiger partial charge in [-0.05, 0) is 32.2 Å². The van der Waals surface area contributed by atoms with E-state index in [-0.39, 0.29) is 0 Å². The lowest BCUT2D eigenvalue weighted by atomic mass is 10.1. The van der Waals surface area contributed by atoms with E-state index < -0.39 is 5.54 Å². The Bertz CT molecular complexity index is 487. The monoisotopic (exact) mass is 278 g/mol. The van der Waals surface area contributed by atoms with Gasteiger partial charge in [0.15, 0.2) is 11.5 Å². The number of ether oxygens (including phenoxy) is 2. The van der Waals surface area contributed by atoms with Gasteiger partial charge in [0.2, 0.25) is 0 Å². The lowest BCUT2D eigenvalue weighted by Crippen LogP contribution is -2.40. The first-order chi connectivity index (χ1) is 9.17. The van der Waals surface area contributed by atoms with Gasteiger partial charge in [-0.3, -0.25) is 0 Å². The molecule has 0 saturated carbocycles. The fourth-order valence-electron chi connectivity index (χ4n) is 1.62. The smallest absolute Gasteiger partial charge is 0.162 e. The molecule has 0 amide bonds. The highest BCUT2D eigenvalue weighted by Gasteiger charge is 2.21. The highest BCUT2D eigenvalue weighted by molar-refractivity contribution is 7.99. The maximum atomic E-state index is 9.12. The third-order valence-corrected chi connectivity index (χ3v) is 4.35. The molecule has 1 aliphatic rings. The Morgan fingerprint density at radius 1 is 1.37 bits per heavy atom. The van der Waals surface area contributed by atoms with Crippen LogP contribution >= 0.6 is 11.8 Å². The molecule has 0 fully saturated rings. The SMILES string of the molecule is CNC(C)(C#N)CSc1ccc2c(c1)OCCCO2. The van der Waals surface area contributed by atoms with E-state index in [2.05, 4.69) is 11.4 Å². The highest BCUT2D eigenvalue weighted by Crippen LogP contribution is 2.34. The van der Waals surface area contributed by atoms with E-state index in [9.17, 15) is 0 Å². The summed E-state index contributed by atoms with van der Waals surface area (Å²) in [6, 6.07) is 8.21. The average molecular weight is 278 g/mol. The molecule has 4 nitrogen and oxygen atoms in total. The summed E-state index contributed by atoms with van der Waals surface area (Å²) >= 11 is 1.64. The quantitative estimate of drug-likeness (QED) is 0.857. The van der Waals surface area contributed by atoms with E-state index in [1.165, 1.54) is 0 Å². The van der Waals surface area contributed by atoms with Gasteiger partial charge in [-0.25, -0.2) is 0 Å². The minimum atomic E-state index is -0.519. The van der Waals surface area contributed by atoms with Crippen molar-refractivity contribution in [2.45, 2.75) is 23.8 Å². The molecule has 1 aromatic rings. The average Bonchev–Trinajstić information content (AvgIpc) is 2.69. The number of hydrogen-bond acceptors (Lipinski definition) is 5. The number of rotatable bonds is 4. The van der Waals surface area contributed by atoms with E-state index in [0.29, 0.717) is 19.0 Å². The molecule has 5 heteroatoms. The first-order valence-corrected chi connectivity index (χ1v) is 7.28. The van der Waals surface area contributed by atoms with Crippen LogP contribution in [-0.4, -0.2) is 31.6 Å². The predicted octanol–water partition coefficient (Wildman–Crippen LogP) is 2.44. The van der Waals surface area contributed by atoms with E-state index in [1.54, 1.807) is 18.8 Å². The number of fused-ring (bicyclic) bond motifs is 1. The predicted molar refractivity (Wildman–Crippen MR) is 75.9 cm³/mol. The number of benzene rings is 1. The van der Waals surface area contributed by atoms with Gasteiger partial charge in [0.05, 0.1) is 19.3 Å². The molecule has 0 bridgehead atoms. The minimum Gasteiger partial charge on any atom is -0.490 e. The van der Waals surface area contributed by atoms with Gasteiger partial charge in [-0.15, -0.1) is 11.8 Å².